The van der Waals surface area contributed by atoms with Gasteiger partial charge in [-0.05, 0) is 78.0 Å². The quantitative estimate of drug-likeness (QED) is 0.174. The molecule has 47 heavy (non-hydrogen) atoms. The molecule has 0 aliphatic carbocycles. The molecule has 0 amide bonds. The highest BCUT2D eigenvalue weighted by Gasteiger charge is 2.41. The molecule has 9 rings (SSSR count). The Hall–Kier alpha value is -4.97. The molecular weight excluding hydrogens is 599 g/mol. The van der Waals surface area contributed by atoms with Crippen molar-refractivity contribution in [2.75, 3.05) is 4.90 Å². The van der Waals surface area contributed by atoms with E-state index in [0.29, 0.717) is 0 Å². The first kappa shape index (κ1) is 28.3. The van der Waals surface area contributed by atoms with E-state index in [-0.39, 0.29) is 0 Å². The van der Waals surface area contributed by atoms with Gasteiger partial charge in [0.1, 0.15) is 16.1 Å². The van der Waals surface area contributed by atoms with E-state index in [2.05, 4.69) is 183 Å². The summed E-state index contributed by atoms with van der Waals surface area (Å²) in [5.41, 5.74) is 11.8. The maximum absolute atomic E-state index is 2.58. The first-order valence-electron chi connectivity index (χ1n) is 16.7. The summed E-state index contributed by atoms with van der Waals surface area (Å²) in [6.07, 6.45) is 0. The van der Waals surface area contributed by atoms with E-state index in [1.54, 1.807) is 0 Å². The summed E-state index contributed by atoms with van der Waals surface area (Å²) in [4.78, 5) is 2.58. The van der Waals surface area contributed by atoms with E-state index >= 15 is 0 Å². The zero-order chi connectivity index (χ0) is 31.9. The lowest BCUT2D eigenvalue weighted by molar-refractivity contribution is 1.29. The van der Waals surface area contributed by atoms with E-state index in [1.807, 2.05) is 0 Å². The largest absolute Gasteiger partial charge is 0.309 e. The summed E-state index contributed by atoms with van der Waals surface area (Å²) in [5, 5.41) is 8.65. The van der Waals surface area contributed by atoms with Crippen molar-refractivity contribution in [2.24, 2.45) is 0 Å². The first-order chi connectivity index (χ1) is 22.9. The molecule has 2 aliphatic heterocycles. The maximum Gasteiger partial charge on any atom is 0.113 e. The molecule has 2 aliphatic rings. The second kappa shape index (κ2) is 10.3. The summed E-state index contributed by atoms with van der Waals surface area (Å²) in [6, 6.07) is 57.1. The average Bonchev–Trinajstić information content (AvgIpc) is 3.48. The molecule has 2 heterocycles. The molecular formula is C44H37NSi2. The van der Waals surface area contributed by atoms with Crippen LogP contribution in [0, 0.1) is 0 Å². The van der Waals surface area contributed by atoms with Crippen LogP contribution in [-0.4, -0.2) is 16.1 Å². The minimum absolute atomic E-state index is 1.20. The van der Waals surface area contributed by atoms with Crippen molar-refractivity contribution in [3.63, 3.8) is 0 Å². The topological polar surface area (TPSA) is 3.24 Å². The molecule has 3 heteroatoms. The average molecular weight is 636 g/mol. The van der Waals surface area contributed by atoms with Crippen LogP contribution in [-0.2, 0) is 0 Å². The Morgan fingerprint density at radius 3 is 1.74 bits per heavy atom. The van der Waals surface area contributed by atoms with Gasteiger partial charge in [0.25, 0.3) is 0 Å². The third-order valence-electron chi connectivity index (χ3n) is 10.9. The molecule has 226 valence electrons. The summed E-state index contributed by atoms with van der Waals surface area (Å²) < 4.78 is 0. The lowest BCUT2D eigenvalue weighted by atomic mass is 9.95. The summed E-state index contributed by atoms with van der Waals surface area (Å²) in [6.45, 7) is 10.0. The standard InChI is InChI=1S/C44H37NSi2/c1-46(2)41-25-12-9-20-37(41)44-39(23-14-26-42(44)46)45(31-27-28-36-35-19-8-11-24-40(35)47(3,4)43(36)29-31)38-22-10-7-18-34(38)33-21-13-16-30-15-5-6-17-32(30)33/h5-29H,1-4H3. The highest BCUT2D eigenvalue weighted by atomic mass is 28.3. The van der Waals surface area contributed by atoms with Gasteiger partial charge in [-0.2, -0.15) is 0 Å². The fraction of sp³-hybridized carbons (Fsp3) is 0.0909. The fourth-order valence-corrected chi connectivity index (χ4v) is 14.7. The monoisotopic (exact) mass is 635 g/mol. The molecule has 1 nitrogen and oxygen atoms in total. The van der Waals surface area contributed by atoms with Gasteiger partial charge in [0.05, 0.1) is 11.4 Å². The Balaban J connectivity index is 1.35. The normalized spacial score (nSPS) is 14.7. The van der Waals surface area contributed by atoms with Crippen molar-refractivity contribution in [2.45, 2.75) is 26.2 Å². The van der Waals surface area contributed by atoms with Gasteiger partial charge in [0.2, 0.25) is 0 Å². The summed E-state index contributed by atoms with van der Waals surface area (Å²) in [7, 11) is -3.77. The molecule has 7 aromatic carbocycles. The van der Waals surface area contributed by atoms with Crippen molar-refractivity contribution in [1.82, 2.24) is 0 Å². The van der Waals surface area contributed by atoms with Crippen LogP contribution in [0.15, 0.2) is 152 Å². The van der Waals surface area contributed by atoms with Crippen LogP contribution in [0.1, 0.15) is 0 Å². The minimum atomic E-state index is -1.90. The number of fused-ring (bicyclic) bond motifs is 7. The zero-order valence-corrected chi connectivity index (χ0v) is 29.4. The number of nitrogens with zero attached hydrogens (tertiary/aromatic N) is 1. The predicted octanol–water partition coefficient (Wildman–Crippen LogP) is 9.58. The smallest absolute Gasteiger partial charge is 0.113 e. The fourth-order valence-electron chi connectivity index (χ4n) is 8.52. The van der Waals surface area contributed by atoms with Gasteiger partial charge >= 0.3 is 0 Å². The Labute approximate surface area is 279 Å². The van der Waals surface area contributed by atoms with Crippen LogP contribution < -0.4 is 25.6 Å². The maximum atomic E-state index is 2.58. The summed E-state index contributed by atoms with van der Waals surface area (Å²) in [5.74, 6) is 0. The van der Waals surface area contributed by atoms with Gasteiger partial charge < -0.3 is 4.90 Å². The van der Waals surface area contributed by atoms with Gasteiger partial charge in [0, 0.05) is 16.8 Å². The number of anilines is 3. The molecule has 0 saturated heterocycles. The molecule has 0 fully saturated rings. The van der Waals surface area contributed by atoms with Crippen LogP contribution >= 0.6 is 0 Å². The van der Waals surface area contributed by atoms with E-state index < -0.39 is 16.1 Å². The zero-order valence-electron chi connectivity index (χ0n) is 27.4. The van der Waals surface area contributed by atoms with Crippen LogP contribution in [0.2, 0.25) is 26.2 Å². The third-order valence-corrected chi connectivity index (χ3v) is 18.0. The van der Waals surface area contributed by atoms with E-state index in [4.69, 9.17) is 0 Å². The molecule has 0 aromatic heterocycles. The molecule has 0 saturated carbocycles. The highest BCUT2D eigenvalue weighted by Crippen LogP contribution is 2.47. The van der Waals surface area contributed by atoms with Crippen molar-refractivity contribution >= 4 is 64.7 Å². The lowest BCUT2D eigenvalue weighted by Gasteiger charge is -2.31. The Kier molecular flexibility index (Phi) is 6.18. The van der Waals surface area contributed by atoms with Crippen molar-refractivity contribution in [1.29, 1.82) is 0 Å². The molecule has 0 unspecified atom stereocenters. The molecule has 0 spiro atoms. The van der Waals surface area contributed by atoms with Crippen molar-refractivity contribution in [3.8, 4) is 33.4 Å². The molecule has 0 atom stereocenters. The Bertz CT molecular complexity index is 2380. The van der Waals surface area contributed by atoms with Gasteiger partial charge in [-0.15, -0.1) is 0 Å². The number of para-hydroxylation sites is 1. The molecule has 0 radical (unpaired) electrons. The van der Waals surface area contributed by atoms with Crippen LogP contribution in [0.4, 0.5) is 17.1 Å². The number of hydrogen-bond acceptors (Lipinski definition) is 1. The molecule has 0 N–H and O–H groups in total. The van der Waals surface area contributed by atoms with E-state index in [9.17, 15) is 0 Å². The summed E-state index contributed by atoms with van der Waals surface area (Å²) >= 11 is 0. The van der Waals surface area contributed by atoms with Crippen LogP contribution in [0.25, 0.3) is 44.2 Å². The molecule has 7 aromatic rings. The second-order valence-electron chi connectivity index (χ2n) is 14.2. The molecule has 0 bridgehead atoms. The first-order valence-corrected chi connectivity index (χ1v) is 22.7. The van der Waals surface area contributed by atoms with Crippen molar-refractivity contribution in [3.05, 3.63) is 152 Å². The van der Waals surface area contributed by atoms with Crippen LogP contribution in [0.5, 0.6) is 0 Å². The minimum Gasteiger partial charge on any atom is -0.309 e. The van der Waals surface area contributed by atoms with Gasteiger partial charge in [-0.3, -0.25) is 0 Å². The van der Waals surface area contributed by atoms with Gasteiger partial charge in [-0.1, -0.05) is 154 Å². The van der Waals surface area contributed by atoms with E-state index in [0.717, 1.165) is 0 Å². The SMILES string of the molecule is C[Si]1(C)c2ccccc2-c2ccc(N(c3ccccc3-c3cccc4ccccc34)c3cccc4c3-c3ccccc3[Si]4(C)C)cc21. The van der Waals surface area contributed by atoms with Gasteiger partial charge in [0.15, 0.2) is 0 Å². The highest BCUT2D eigenvalue weighted by molar-refractivity contribution is 7.04. The van der Waals surface area contributed by atoms with Gasteiger partial charge in [-0.25, -0.2) is 0 Å². The van der Waals surface area contributed by atoms with Crippen molar-refractivity contribution < 1.29 is 0 Å². The second-order valence-corrected chi connectivity index (χ2v) is 22.8. The lowest BCUT2D eigenvalue weighted by Crippen LogP contribution is -2.49. The Morgan fingerprint density at radius 2 is 0.915 bits per heavy atom. The third kappa shape index (κ3) is 4.06. The van der Waals surface area contributed by atoms with E-state index in [1.165, 1.54) is 82.0 Å². The van der Waals surface area contributed by atoms with Crippen LogP contribution in [0.3, 0.4) is 0 Å². The Morgan fingerprint density at radius 1 is 0.383 bits per heavy atom. The number of benzene rings is 7. The number of hydrogen-bond donors (Lipinski definition) is 0. The number of rotatable bonds is 4. The predicted molar refractivity (Wildman–Crippen MR) is 208 cm³/mol.